The Hall–Kier alpha value is -3.96. The molecule has 0 aliphatic rings. The van der Waals surface area contributed by atoms with E-state index in [0.717, 1.165) is 18.3 Å². The quantitative estimate of drug-likeness (QED) is 0.0952. The van der Waals surface area contributed by atoms with Crippen LogP contribution in [-0.4, -0.2) is 32.1 Å². The van der Waals surface area contributed by atoms with E-state index in [0.29, 0.717) is 11.3 Å². The Kier molecular flexibility index (Phi) is 9.08. The van der Waals surface area contributed by atoms with Gasteiger partial charge in [0.25, 0.3) is 5.91 Å². The van der Waals surface area contributed by atoms with Crippen LogP contribution < -0.4 is 33.2 Å². The molecular weight excluding hydrogens is 437 g/mol. The van der Waals surface area contributed by atoms with Crippen LogP contribution in [0.15, 0.2) is 52.5 Å². The monoisotopic (exact) mass is 466 g/mol. The van der Waals surface area contributed by atoms with Crippen molar-refractivity contribution in [2.24, 2.45) is 11.5 Å². The molecule has 0 saturated carbocycles. The Bertz CT molecular complexity index is 1020. The van der Waals surface area contributed by atoms with Crippen LogP contribution in [0.4, 0.5) is 18.9 Å². The van der Waals surface area contributed by atoms with E-state index in [9.17, 15) is 18.0 Å². The number of hydrogen-bond donors (Lipinski definition) is 8. The van der Waals surface area contributed by atoms with Gasteiger partial charge in [0.2, 0.25) is 0 Å². The second-order valence-electron chi connectivity index (χ2n) is 7.07. The Labute approximate surface area is 190 Å². The number of amides is 1. The first-order valence-electron chi connectivity index (χ1n) is 9.68. The van der Waals surface area contributed by atoms with Crippen LogP contribution in [0, 0.1) is 10.8 Å². The average Bonchev–Trinajstić information content (AvgIpc) is 2.75. The van der Waals surface area contributed by atoms with Gasteiger partial charge < -0.3 is 38.6 Å². The molecule has 1 amide bonds. The summed E-state index contributed by atoms with van der Waals surface area (Å²) in [5, 5.41) is 23.9. The zero-order chi connectivity index (χ0) is 25.5. The number of likely N-dealkylation sites (N-methyl/N-ethyl adjacent to an activating group) is 1. The lowest BCUT2D eigenvalue weighted by atomic mass is 10.0. The number of nitrogens with two attached hydrogens (primary N) is 3. The second-order valence-corrected chi connectivity index (χ2v) is 7.07. The first-order valence-corrected chi connectivity index (χ1v) is 9.68. The van der Waals surface area contributed by atoms with Gasteiger partial charge in [-0.1, -0.05) is 0 Å². The fraction of sp³-hybridized carbons (Fsp3) is 0.286. The molecule has 12 heteroatoms. The number of amidine groups is 1. The van der Waals surface area contributed by atoms with Crippen molar-refractivity contribution in [3.8, 4) is 0 Å². The lowest BCUT2D eigenvalue weighted by molar-refractivity contribution is -0.137. The maximum atomic E-state index is 13.1. The molecular formula is C21H29F3N8O. The molecule has 1 aromatic rings. The van der Waals surface area contributed by atoms with Crippen molar-refractivity contribution in [3.05, 3.63) is 63.6 Å². The van der Waals surface area contributed by atoms with E-state index in [1.54, 1.807) is 14.0 Å². The first-order chi connectivity index (χ1) is 15.3. The van der Waals surface area contributed by atoms with Crippen molar-refractivity contribution in [2.45, 2.75) is 26.1 Å². The predicted octanol–water partition coefficient (Wildman–Crippen LogP) is 1.86. The molecule has 0 fully saturated rings. The Morgan fingerprint density at radius 3 is 2.21 bits per heavy atom. The number of nitrogens with one attached hydrogen (secondary N) is 5. The number of carbonyl (C=O) groups is 1. The van der Waals surface area contributed by atoms with Crippen molar-refractivity contribution in [1.82, 2.24) is 16.0 Å². The summed E-state index contributed by atoms with van der Waals surface area (Å²) in [7, 11) is 2.98. The number of rotatable bonds is 8. The van der Waals surface area contributed by atoms with E-state index in [-0.39, 0.29) is 34.1 Å². The van der Waals surface area contributed by atoms with Crippen molar-refractivity contribution in [1.29, 1.82) is 10.8 Å². The zero-order valence-electron chi connectivity index (χ0n) is 18.7. The van der Waals surface area contributed by atoms with Crippen LogP contribution in [0.5, 0.6) is 0 Å². The van der Waals surface area contributed by atoms with E-state index in [4.69, 9.17) is 28.0 Å². The number of carbonyl (C=O) groups excluding carboxylic acids is 1. The van der Waals surface area contributed by atoms with Crippen LogP contribution >= 0.6 is 0 Å². The predicted molar refractivity (Wildman–Crippen MR) is 123 cm³/mol. The van der Waals surface area contributed by atoms with Gasteiger partial charge in [0.15, 0.2) is 0 Å². The van der Waals surface area contributed by atoms with E-state index >= 15 is 0 Å². The molecule has 0 saturated heterocycles. The molecule has 1 rings (SSSR count). The molecule has 1 atom stereocenters. The molecule has 180 valence electrons. The molecule has 0 aliphatic carbocycles. The SMILES string of the molecule is CNC(=O)/C(N)=C(/C=C(N)/C(C=N)=C(\C)NC)C(=N)N[C@H](C)c1cc(N)cc(C(F)(F)F)c1. The molecule has 0 heterocycles. The van der Waals surface area contributed by atoms with Crippen molar-refractivity contribution in [3.63, 3.8) is 0 Å². The summed E-state index contributed by atoms with van der Waals surface area (Å²) in [4.78, 5) is 12.1. The molecule has 0 bridgehead atoms. The number of allylic oxidation sites excluding steroid dienone is 2. The summed E-state index contributed by atoms with van der Waals surface area (Å²) in [6.07, 6.45) is -2.35. The van der Waals surface area contributed by atoms with Gasteiger partial charge in [-0.15, -0.1) is 0 Å². The zero-order valence-corrected chi connectivity index (χ0v) is 18.7. The third-order valence-corrected chi connectivity index (χ3v) is 4.73. The molecule has 0 unspecified atom stereocenters. The van der Waals surface area contributed by atoms with Gasteiger partial charge in [0.1, 0.15) is 11.5 Å². The molecule has 0 spiro atoms. The smallest absolute Gasteiger partial charge is 0.399 e. The molecule has 1 aromatic carbocycles. The summed E-state index contributed by atoms with van der Waals surface area (Å²) in [5.41, 5.74) is 17.2. The molecule has 0 aliphatic heterocycles. The summed E-state index contributed by atoms with van der Waals surface area (Å²) < 4.78 is 39.4. The van der Waals surface area contributed by atoms with Gasteiger partial charge in [0, 0.05) is 48.5 Å². The number of anilines is 1. The minimum atomic E-state index is -4.59. The van der Waals surface area contributed by atoms with E-state index in [1.165, 1.54) is 26.1 Å². The van der Waals surface area contributed by atoms with E-state index in [2.05, 4.69) is 16.0 Å². The minimum absolute atomic E-state index is 0.0428. The van der Waals surface area contributed by atoms with E-state index in [1.807, 2.05) is 0 Å². The topological polar surface area (TPSA) is 179 Å². The van der Waals surface area contributed by atoms with Gasteiger partial charge >= 0.3 is 6.18 Å². The third kappa shape index (κ3) is 7.02. The van der Waals surface area contributed by atoms with Gasteiger partial charge in [-0.05, 0) is 43.7 Å². The Morgan fingerprint density at radius 2 is 1.73 bits per heavy atom. The maximum Gasteiger partial charge on any atom is 0.416 e. The molecule has 0 aromatic heterocycles. The van der Waals surface area contributed by atoms with Crippen LogP contribution in [0.3, 0.4) is 0 Å². The highest BCUT2D eigenvalue weighted by Crippen LogP contribution is 2.32. The van der Waals surface area contributed by atoms with Gasteiger partial charge in [-0.25, -0.2) is 0 Å². The lowest BCUT2D eigenvalue weighted by Crippen LogP contribution is -2.33. The van der Waals surface area contributed by atoms with Gasteiger partial charge in [-0.2, -0.15) is 13.2 Å². The van der Waals surface area contributed by atoms with Crippen LogP contribution in [-0.2, 0) is 11.0 Å². The summed E-state index contributed by atoms with van der Waals surface area (Å²) >= 11 is 0. The maximum absolute atomic E-state index is 13.1. The summed E-state index contributed by atoms with van der Waals surface area (Å²) in [5.74, 6) is -1.06. The minimum Gasteiger partial charge on any atom is -0.399 e. The summed E-state index contributed by atoms with van der Waals surface area (Å²) in [6.45, 7) is 3.20. The fourth-order valence-electron chi connectivity index (χ4n) is 2.79. The Morgan fingerprint density at radius 1 is 1.12 bits per heavy atom. The fourth-order valence-corrected chi connectivity index (χ4v) is 2.79. The van der Waals surface area contributed by atoms with Crippen molar-refractivity contribution in [2.75, 3.05) is 19.8 Å². The van der Waals surface area contributed by atoms with Crippen LogP contribution in [0.1, 0.15) is 31.0 Å². The number of benzene rings is 1. The largest absolute Gasteiger partial charge is 0.416 e. The molecule has 11 N–H and O–H groups in total. The van der Waals surface area contributed by atoms with Crippen LogP contribution in [0.25, 0.3) is 0 Å². The highest BCUT2D eigenvalue weighted by molar-refractivity contribution is 6.07. The number of halogens is 3. The van der Waals surface area contributed by atoms with Crippen molar-refractivity contribution >= 4 is 23.6 Å². The lowest BCUT2D eigenvalue weighted by Gasteiger charge is -2.20. The second kappa shape index (κ2) is 11.1. The summed E-state index contributed by atoms with van der Waals surface area (Å²) in [6, 6.07) is 2.28. The van der Waals surface area contributed by atoms with Gasteiger partial charge in [0.05, 0.1) is 11.6 Å². The molecule has 33 heavy (non-hydrogen) atoms. The molecule has 0 radical (unpaired) electrons. The van der Waals surface area contributed by atoms with E-state index < -0.39 is 23.7 Å². The van der Waals surface area contributed by atoms with Crippen LogP contribution in [0.2, 0.25) is 0 Å². The normalized spacial score (nSPS) is 14.5. The highest BCUT2D eigenvalue weighted by Gasteiger charge is 2.31. The standard InChI is InChI=1S/C21H29F3N8O/c1-10(12-5-13(21(22,23)24)7-14(26)6-12)32-19(29)15(18(28)20(33)31-4)8-17(27)16(9-25)11(2)30-3/h5-10,25,30H,26-28H2,1-4H3,(H2,29,32)(H,31,33)/b16-11+,17-8-,18-15+,25-9?/t10-/m1/s1. The highest BCUT2D eigenvalue weighted by atomic mass is 19.4. The number of alkyl halides is 3. The van der Waals surface area contributed by atoms with Gasteiger partial charge in [-0.3, -0.25) is 10.2 Å². The average molecular weight is 467 g/mol. The molecule has 9 nitrogen and oxygen atoms in total. The number of hydrogen-bond acceptors (Lipinski definition) is 7. The third-order valence-electron chi connectivity index (χ3n) is 4.73. The number of nitrogen functional groups attached to an aromatic ring is 1. The first kappa shape index (κ1) is 27.1. The van der Waals surface area contributed by atoms with Crippen molar-refractivity contribution < 1.29 is 18.0 Å². The Balaban J connectivity index is 3.45.